The third-order valence-corrected chi connectivity index (χ3v) is 4.32. The fourth-order valence-electron chi connectivity index (χ4n) is 3.15. The van der Waals surface area contributed by atoms with Crippen molar-refractivity contribution in [3.05, 3.63) is 88.2 Å². The SMILES string of the molecule is O=[N+]([O-])C1=CN=C2O[C@@H](COc3ccccc3)CN2[C@H]1c1ccccc1. The summed E-state index contributed by atoms with van der Waals surface area (Å²) in [5.74, 6) is 0.756. The molecule has 132 valence electrons. The van der Waals surface area contributed by atoms with Crippen LogP contribution in [0.2, 0.25) is 0 Å². The van der Waals surface area contributed by atoms with Crippen LogP contribution in [0.3, 0.4) is 0 Å². The summed E-state index contributed by atoms with van der Waals surface area (Å²) in [4.78, 5) is 17.1. The molecular formula is C19H17N3O4. The molecule has 0 bridgehead atoms. The van der Waals surface area contributed by atoms with Crippen LogP contribution in [0.5, 0.6) is 5.75 Å². The maximum Gasteiger partial charge on any atom is 0.293 e. The zero-order chi connectivity index (χ0) is 17.9. The van der Waals surface area contributed by atoms with Crippen molar-refractivity contribution in [3.8, 4) is 5.75 Å². The topological polar surface area (TPSA) is 77.2 Å². The monoisotopic (exact) mass is 351 g/mol. The van der Waals surface area contributed by atoms with Crippen LogP contribution in [-0.4, -0.2) is 35.1 Å². The lowest BCUT2D eigenvalue weighted by molar-refractivity contribution is -0.433. The highest BCUT2D eigenvalue weighted by Gasteiger charge is 2.43. The second-order valence-electron chi connectivity index (χ2n) is 6.05. The molecule has 0 unspecified atom stereocenters. The van der Waals surface area contributed by atoms with Crippen molar-refractivity contribution < 1.29 is 14.4 Å². The fraction of sp³-hybridized carbons (Fsp3) is 0.211. The minimum Gasteiger partial charge on any atom is -0.490 e. The Hall–Kier alpha value is -3.35. The van der Waals surface area contributed by atoms with Gasteiger partial charge >= 0.3 is 0 Å². The second-order valence-corrected chi connectivity index (χ2v) is 6.05. The van der Waals surface area contributed by atoms with Crippen LogP contribution < -0.4 is 4.74 Å². The largest absolute Gasteiger partial charge is 0.490 e. The Morgan fingerprint density at radius 1 is 1.15 bits per heavy atom. The number of para-hydroxylation sites is 1. The number of ether oxygens (including phenoxy) is 2. The number of amidine groups is 1. The van der Waals surface area contributed by atoms with Gasteiger partial charge < -0.3 is 14.4 Å². The number of nitro groups is 1. The summed E-state index contributed by atoms with van der Waals surface area (Å²) in [6.07, 6.45) is 1.03. The molecule has 0 aliphatic carbocycles. The fourth-order valence-corrected chi connectivity index (χ4v) is 3.15. The third kappa shape index (κ3) is 3.11. The van der Waals surface area contributed by atoms with Crippen LogP contribution >= 0.6 is 0 Å². The summed E-state index contributed by atoms with van der Waals surface area (Å²) in [5.41, 5.74) is 0.865. The van der Waals surface area contributed by atoms with Gasteiger partial charge in [-0.05, 0) is 17.7 Å². The van der Waals surface area contributed by atoms with Gasteiger partial charge in [0.15, 0.2) is 12.1 Å². The summed E-state index contributed by atoms with van der Waals surface area (Å²) in [6.45, 7) is 0.811. The minimum absolute atomic E-state index is 0.0353. The molecule has 0 amide bonds. The van der Waals surface area contributed by atoms with Gasteiger partial charge in [-0.15, -0.1) is 0 Å². The molecule has 1 saturated heterocycles. The molecular weight excluding hydrogens is 334 g/mol. The second kappa shape index (κ2) is 6.87. The van der Waals surface area contributed by atoms with Gasteiger partial charge in [0.2, 0.25) is 0 Å². The van der Waals surface area contributed by atoms with Gasteiger partial charge in [-0.25, -0.2) is 0 Å². The molecule has 2 aromatic carbocycles. The molecule has 2 aliphatic rings. The van der Waals surface area contributed by atoms with Crippen molar-refractivity contribution in [3.63, 3.8) is 0 Å². The lowest BCUT2D eigenvalue weighted by atomic mass is 10.0. The molecule has 0 radical (unpaired) electrons. The number of hydrogen-bond acceptors (Lipinski definition) is 6. The van der Waals surface area contributed by atoms with Crippen molar-refractivity contribution in [1.82, 2.24) is 4.90 Å². The molecule has 0 N–H and O–H groups in total. The molecule has 7 nitrogen and oxygen atoms in total. The summed E-state index contributed by atoms with van der Waals surface area (Å²) in [7, 11) is 0. The van der Waals surface area contributed by atoms with E-state index in [1.54, 1.807) is 0 Å². The number of aliphatic imine (C=N–C) groups is 1. The van der Waals surface area contributed by atoms with E-state index in [2.05, 4.69) is 4.99 Å². The highest BCUT2D eigenvalue weighted by atomic mass is 16.6. The van der Waals surface area contributed by atoms with Gasteiger partial charge in [0.05, 0.1) is 11.5 Å². The van der Waals surface area contributed by atoms with Gasteiger partial charge in [0.25, 0.3) is 11.7 Å². The van der Waals surface area contributed by atoms with E-state index < -0.39 is 6.04 Å². The minimum atomic E-state index is -0.527. The number of fused-ring (bicyclic) bond motifs is 1. The van der Waals surface area contributed by atoms with Gasteiger partial charge in [-0.1, -0.05) is 48.5 Å². The number of nitrogens with zero attached hydrogens (tertiary/aromatic N) is 3. The van der Waals surface area contributed by atoms with E-state index in [4.69, 9.17) is 9.47 Å². The molecule has 0 saturated carbocycles. The normalized spacial score (nSPS) is 21.3. The van der Waals surface area contributed by atoms with E-state index in [1.807, 2.05) is 65.6 Å². The van der Waals surface area contributed by atoms with E-state index in [9.17, 15) is 10.1 Å². The molecule has 4 rings (SSSR count). The number of hydrogen-bond donors (Lipinski definition) is 0. The van der Waals surface area contributed by atoms with Crippen LogP contribution in [0.15, 0.2) is 77.6 Å². The van der Waals surface area contributed by atoms with Crippen LogP contribution in [0.1, 0.15) is 11.6 Å². The standard InChI is InChI=1S/C19H17N3O4/c23-22(24)17-11-20-19-21(18(17)14-7-3-1-4-8-14)12-16(26-19)13-25-15-9-5-2-6-10-15/h1-11,16,18H,12-13H2/t16-,18+/m1/s1. The van der Waals surface area contributed by atoms with Crippen molar-refractivity contribution in [1.29, 1.82) is 0 Å². The van der Waals surface area contributed by atoms with E-state index in [-0.39, 0.29) is 16.7 Å². The first-order valence-electron chi connectivity index (χ1n) is 8.31. The van der Waals surface area contributed by atoms with E-state index in [0.717, 1.165) is 11.3 Å². The van der Waals surface area contributed by atoms with Gasteiger partial charge in [0.1, 0.15) is 18.6 Å². The van der Waals surface area contributed by atoms with Crippen molar-refractivity contribution in [2.45, 2.75) is 12.1 Å². The highest BCUT2D eigenvalue weighted by molar-refractivity contribution is 5.78. The molecule has 0 spiro atoms. The molecule has 2 atom stereocenters. The predicted molar refractivity (Wildman–Crippen MR) is 95.2 cm³/mol. The van der Waals surface area contributed by atoms with Crippen molar-refractivity contribution in [2.75, 3.05) is 13.2 Å². The first-order valence-corrected chi connectivity index (χ1v) is 8.31. The summed E-state index contributed by atoms with van der Waals surface area (Å²) in [6, 6.07) is 18.7. The van der Waals surface area contributed by atoms with Gasteiger partial charge in [-0.2, -0.15) is 4.99 Å². The van der Waals surface area contributed by atoms with E-state index in [0.29, 0.717) is 19.2 Å². The molecule has 7 heteroatoms. The average Bonchev–Trinajstić information content (AvgIpc) is 3.10. The van der Waals surface area contributed by atoms with Gasteiger partial charge in [0, 0.05) is 0 Å². The molecule has 26 heavy (non-hydrogen) atoms. The van der Waals surface area contributed by atoms with Crippen molar-refractivity contribution >= 4 is 6.02 Å². The Kier molecular flexibility index (Phi) is 4.27. The Labute approximate surface area is 150 Å². The quantitative estimate of drug-likeness (QED) is 0.611. The van der Waals surface area contributed by atoms with Gasteiger partial charge in [-0.3, -0.25) is 10.1 Å². The Bertz CT molecular complexity index is 852. The number of rotatable bonds is 5. The predicted octanol–water partition coefficient (Wildman–Crippen LogP) is 3.00. The first-order chi connectivity index (χ1) is 12.7. The molecule has 0 aromatic heterocycles. The Morgan fingerprint density at radius 3 is 2.54 bits per heavy atom. The zero-order valence-corrected chi connectivity index (χ0v) is 13.9. The smallest absolute Gasteiger partial charge is 0.293 e. The first kappa shape index (κ1) is 16.1. The van der Waals surface area contributed by atoms with Crippen LogP contribution in [-0.2, 0) is 4.74 Å². The Balaban J connectivity index is 1.53. The summed E-state index contributed by atoms with van der Waals surface area (Å²) >= 11 is 0. The summed E-state index contributed by atoms with van der Waals surface area (Å²) < 4.78 is 11.6. The van der Waals surface area contributed by atoms with Crippen molar-refractivity contribution in [2.24, 2.45) is 4.99 Å². The maximum atomic E-state index is 11.5. The van der Waals surface area contributed by atoms with Crippen LogP contribution in [0.4, 0.5) is 0 Å². The molecule has 1 fully saturated rings. The summed E-state index contributed by atoms with van der Waals surface area (Å²) in [5, 5.41) is 11.5. The maximum absolute atomic E-state index is 11.5. The third-order valence-electron chi connectivity index (χ3n) is 4.32. The Morgan fingerprint density at radius 2 is 1.85 bits per heavy atom. The van der Waals surface area contributed by atoms with Crippen LogP contribution in [0.25, 0.3) is 0 Å². The van der Waals surface area contributed by atoms with E-state index >= 15 is 0 Å². The molecule has 2 aliphatic heterocycles. The lowest BCUT2D eigenvalue weighted by Crippen LogP contribution is -2.36. The number of benzene rings is 2. The van der Waals surface area contributed by atoms with E-state index in [1.165, 1.54) is 6.20 Å². The van der Waals surface area contributed by atoms with Crippen LogP contribution in [0, 0.1) is 10.1 Å². The zero-order valence-electron chi connectivity index (χ0n) is 13.9. The average molecular weight is 351 g/mol. The molecule has 2 heterocycles. The highest BCUT2D eigenvalue weighted by Crippen LogP contribution is 2.35. The lowest BCUT2D eigenvalue weighted by Gasteiger charge is -2.27. The molecule has 2 aromatic rings.